The van der Waals surface area contributed by atoms with Crippen LogP contribution in [0.2, 0.25) is 5.15 Å². The summed E-state index contributed by atoms with van der Waals surface area (Å²) in [5.74, 6) is 1.51. The lowest BCUT2D eigenvalue weighted by Crippen LogP contribution is -2.26. The highest BCUT2D eigenvalue weighted by atomic mass is 35.5. The SMILES string of the molecule is C=CCSCCNS(=O)(=O)c1ccc2nc(Cl)ccc2c1. The Morgan fingerprint density at radius 2 is 2.14 bits per heavy atom. The summed E-state index contributed by atoms with van der Waals surface area (Å²) in [5.41, 5.74) is 0.669. The van der Waals surface area contributed by atoms with Crippen LogP contribution in [-0.2, 0) is 10.0 Å². The fourth-order valence-corrected chi connectivity index (χ4v) is 3.67. The van der Waals surface area contributed by atoms with E-state index in [-0.39, 0.29) is 4.90 Å². The molecule has 0 bridgehead atoms. The van der Waals surface area contributed by atoms with Gasteiger partial charge in [0.15, 0.2) is 0 Å². The summed E-state index contributed by atoms with van der Waals surface area (Å²) in [7, 11) is -3.50. The first-order chi connectivity index (χ1) is 10.0. The minimum atomic E-state index is -3.50. The summed E-state index contributed by atoms with van der Waals surface area (Å²) < 4.78 is 27.0. The monoisotopic (exact) mass is 342 g/mol. The lowest BCUT2D eigenvalue weighted by molar-refractivity contribution is 0.584. The van der Waals surface area contributed by atoms with Crippen LogP contribution in [0.1, 0.15) is 0 Å². The highest BCUT2D eigenvalue weighted by molar-refractivity contribution is 7.99. The van der Waals surface area contributed by atoms with Crippen LogP contribution in [0.15, 0.2) is 47.9 Å². The zero-order valence-corrected chi connectivity index (χ0v) is 13.6. The van der Waals surface area contributed by atoms with Crippen LogP contribution in [0.4, 0.5) is 0 Å². The van der Waals surface area contributed by atoms with E-state index in [0.717, 1.165) is 11.1 Å². The molecule has 1 heterocycles. The molecule has 2 rings (SSSR count). The van der Waals surface area contributed by atoms with Gasteiger partial charge in [-0.15, -0.1) is 6.58 Å². The number of aromatic nitrogens is 1. The molecule has 2 aromatic rings. The zero-order valence-electron chi connectivity index (χ0n) is 11.3. The molecule has 21 heavy (non-hydrogen) atoms. The number of nitrogens with one attached hydrogen (secondary N) is 1. The minimum Gasteiger partial charge on any atom is -0.236 e. The van der Waals surface area contributed by atoms with Crippen LogP contribution in [0.3, 0.4) is 0 Å². The zero-order chi connectivity index (χ0) is 15.3. The fourth-order valence-electron chi connectivity index (χ4n) is 1.74. The van der Waals surface area contributed by atoms with Gasteiger partial charge >= 0.3 is 0 Å². The van der Waals surface area contributed by atoms with Crippen molar-refractivity contribution in [3.8, 4) is 0 Å². The van der Waals surface area contributed by atoms with Crippen LogP contribution in [0, 0.1) is 0 Å². The van der Waals surface area contributed by atoms with E-state index in [4.69, 9.17) is 11.6 Å². The Bertz CT molecular complexity index is 748. The van der Waals surface area contributed by atoms with Crippen LogP contribution in [0.5, 0.6) is 0 Å². The third-order valence-corrected chi connectivity index (χ3v) is 5.34. The Balaban J connectivity index is 2.12. The van der Waals surface area contributed by atoms with Gasteiger partial charge in [-0.3, -0.25) is 0 Å². The van der Waals surface area contributed by atoms with Crippen LogP contribution in [0.25, 0.3) is 10.9 Å². The van der Waals surface area contributed by atoms with Crippen LogP contribution < -0.4 is 4.72 Å². The maximum Gasteiger partial charge on any atom is 0.240 e. The van der Waals surface area contributed by atoms with E-state index < -0.39 is 10.0 Å². The largest absolute Gasteiger partial charge is 0.240 e. The number of rotatable bonds is 7. The molecular weight excluding hydrogens is 328 g/mol. The lowest BCUT2D eigenvalue weighted by atomic mass is 10.2. The molecule has 0 spiro atoms. The van der Waals surface area contributed by atoms with E-state index in [1.54, 1.807) is 42.1 Å². The molecule has 1 N–H and O–H groups in total. The predicted molar refractivity (Wildman–Crippen MR) is 89.5 cm³/mol. The Morgan fingerprint density at radius 3 is 2.90 bits per heavy atom. The predicted octanol–water partition coefficient (Wildman–Crippen LogP) is 3.09. The van der Waals surface area contributed by atoms with Gasteiger partial charge in [-0.05, 0) is 30.3 Å². The van der Waals surface area contributed by atoms with E-state index in [1.165, 1.54) is 6.07 Å². The van der Waals surface area contributed by atoms with Crippen molar-refractivity contribution in [3.05, 3.63) is 48.1 Å². The highest BCUT2D eigenvalue weighted by Gasteiger charge is 2.14. The second-order valence-electron chi connectivity index (χ2n) is 4.25. The van der Waals surface area contributed by atoms with Gasteiger partial charge < -0.3 is 0 Å². The van der Waals surface area contributed by atoms with Gasteiger partial charge in [-0.1, -0.05) is 17.7 Å². The van der Waals surface area contributed by atoms with Gasteiger partial charge in [0.1, 0.15) is 5.15 Å². The van der Waals surface area contributed by atoms with Gasteiger partial charge in [0.2, 0.25) is 10.0 Å². The van der Waals surface area contributed by atoms with Gasteiger partial charge in [0, 0.05) is 23.4 Å². The summed E-state index contributed by atoms with van der Waals surface area (Å²) in [6, 6.07) is 8.17. The van der Waals surface area contributed by atoms with E-state index >= 15 is 0 Å². The molecule has 0 aliphatic rings. The van der Waals surface area contributed by atoms with Crippen LogP contribution >= 0.6 is 23.4 Å². The topological polar surface area (TPSA) is 59.1 Å². The van der Waals surface area contributed by atoms with Gasteiger partial charge in [0.05, 0.1) is 10.4 Å². The fraction of sp³-hybridized carbons (Fsp3) is 0.214. The first-order valence-electron chi connectivity index (χ1n) is 6.27. The number of pyridine rings is 1. The number of hydrogen-bond donors (Lipinski definition) is 1. The molecule has 0 fully saturated rings. The van der Waals surface area contributed by atoms with Crippen molar-refractivity contribution in [1.29, 1.82) is 0 Å². The summed E-state index contributed by atoms with van der Waals surface area (Å²) in [4.78, 5) is 4.36. The number of thioether (sulfide) groups is 1. The number of hydrogen-bond acceptors (Lipinski definition) is 4. The van der Waals surface area contributed by atoms with E-state index in [9.17, 15) is 8.42 Å². The van der Waals surface area contributed by atoms with E-state index in [1.807, 2.05) is 0 Å². The number of fused-ring (bicyclic) bond motifs is 1. The number of nitrogens with zero attached hydrogens (tertiary/aromatic N) is 1. The molecule has 0 atom stereocenters. The summed E-state index contributed by atoms with van der Waals surface area (Å²) in [5, 5.41) is 1.12. The maximum absolute atomic E-state index is 12.2. The van der Waals surface area contributed by atoms with Crippen molar-refractivity contribution >= 4 is 44.3 Å². The average molecular weight is 343 g/mol. The van der Waals surface area contributed by atoms with Gasteiger partial charge in [-0.2, -0.15) is 11.8 Å². The van der Waals surface area contributed by atoms with E-state index in [0.29, 0.717) is 23.0 Å². The van der Waals surface area contributed by atoms with Gasteiger partial charge in [0.25, 0.3) is 0 Å². The van der Waals surface area contributed by atoms with E-state index in [2.05, 4.69) is 16.3 Å². The van der Waals surface area contributed by atoms with Crippen molar-refractivity contribution < 1.29 is 8.42 Å². The maximum atomic E-state index is 12.2. The molecule has 0 aliphatic heterocycles. The minimum absolute atomic E-state index is 0.229. The molecule has 0 saturated carbocycles. The third-order valence-electron chi connectivity index (χ3n) is 2.71. The van der Waals surface area contributed by atoms with Crippen molar-refractivity contribution in [3.63, 3.8) is 0 Å². The standard InChI is InChI=1S/C14H15ClN2O2S2/c1-2-8-20-9-7-16-21(18,19)12-4-5-13-11(10-12)3-6-14(15)17-13/h2-6,10,16H,1,7-9H2. The molecule has 0 radical (unpaired) electrons. The molecule has 0 amide bonds. The Hall–Kier alpha value is -1.08. The van der Waals surface area contributed by atoms with Gasteiger partial charge in [-0.25, -0.2) is 18.1 Å². The Labute approximate surface area is 133 Å². The molecular formula is C14H15ClN2O2S2. The van der Waals surface area contributed by atoms with Crippen molar-refractivity contribution in [2.45, 2.75) is 4.90 Å². The molecule has 0 unspecified atom stereocenters. The quantitative estimate of drug-likeness (QED) is 0.477. The molecule has 4 nitrogen and oxygen atoms in total. The number of sulfonamides is 1. The second-order valence-corrected chi connectivity index (χ2v) is 7.55. The molecule has 1 aromatic heterocycles. The highest BCUT2D eigenvalue weighted by Crippen LogP contribution is 2.19. The smallest absolute Gasteiger partial charge is 0.236 e. The average Bonchev–Trinajstić information content (AvgIpc) is 2.46. The van der Waals surface area contributed by atoms with Crippen molar-refractivity contribution in [2.75, 3.05) is 18.1 Å². The van der Waals surface area contributed by atoms with Crippen molar-refractivity contribution in [1.82, 2.24) is 9.71 Å². The molecule has 0 saturated heterocycles. The summed E-state index contributed by atoms with van der Waals surface area (Å²) >= 11 is 7.43. The number of halogens is 1. The Morgan fingerprint density at radius 1 is 1.33 bits per heavy atom. The van der Waals surface area contributed by atoms with Crippen LogP contribution in [-0.4, -0.2) is 31.5 Å². The molecule has 0 aliphatic carbocycles. The number of benzene rings is 1. The third kappa shape index (κ3) is 4.44. The normalized spacial score (nSPS) is 11.7. The second kappa shape index (κ2) is 7.26. The Kier molecular flexibility index (Phi) is 5.64. The molecule has 112 valence electrons. The molecule has 1 aromatic carbocycles. The van der Waals surface area contributed by atoms with Crippen molar-refractivity contribution in [2.24, 2.45) is 0 Å². The first kappa shape index (κ1) is 16.3. The first-order valence-corrected chi connectivity index (χ1v) is 9.29. The summed E-state index contributed by atoms with van der Waals surface area (Å²) in [6.07, 6.45) is 1.79. The lowest BCUT2D eigenvalue weighted by Gasteiger charge is -2.07. The summed E-state index contributed by atoms with van der Waals surface area (Å²) in [6.45, 7) is 4.00. The molecule has 7 heteroatoms.